The number of carbonyl (C=O) groups is 1. The molecule has 0 aliphatic carbocycles. The van der Waals surface area contributed by atoms with Gasteiger partial charge in [-0.25, -0.2) is 4.39 Å². The summed E-state index contributed by atoms with van der Waals surface area (Å²) in [5.41, 5.74) is 0.602. The molecule has 27 heavy (non-hydrogen) atoms. The standard InChI is InChI=1S/C16H10F4N4O2S/c17-11-3-1-2-10(8-11)14(25)9-27-15-21-22-23-24(15)12-4-6-13(7-5-12)26-16(18,19)20/h1-8H,9H2. The van der Waals surface area contributed by atoms with Crippen molar-refractivity contribution in [2.24, 2.45) is 0 Å². The van der Waals surface area contributed by atoms with Gasteiger partial charge in [-0.05, 0) is 46.8 Å². The smallest absolute Gasteiger partial charge is 0.406 e. The van der Waals surface area contributed by atoms with Crippen LogP contribution >= 0.6 is 11.8 Å². The summed E-state index contributed by atoms with van der Waals surface area (Å²) >= 11 is 1.02. The quantitative estimate of drug-likeness (QED) is 0.359. The number of hydrogen-bond acceptors (Lipinski definition) is 6. The molecule has 0 unspecified atom stereocenters. The van der Waals surface area contributed by atoms with Gasteiger partial charge in [-0.1, -0.05) is 23.9 Å². The van der Waals surface area contributed by atoms with Crippen molar-refractivity contribution in [1.29, 1.82) is 0 Å². The lowest BCUT2D eigenvalue weighted by molar-refractivity contribution is -0.274. The van der Waals surface area contributed by atoms with Crippen LogP contribution in [0.25, 0.3) is 5.69 Å². The summed E-state index contributed by atoms with van der Waals surface area (Å²) in [4.78, 5) is 12.1. The Morgan fingerprint density at radius 1 is 1.15 bits per heavy atom. The zero-order chi connectivity index (χ0) is 19.4. The molecule has 0 atom stereocenters. The van der Waals surface area contributed by atoms with Crippen molar-refractivity contribution in [3.8, 4) is 11.4 Å². The number of ether oxygens (including phenoxy) is 1. The number of carbonyl (C=O) groups excluding carboxylic acids is 1. The topological polar surface area (TPSA) is 69.9 Å². The molecule has 6 nitrogen and oxygen atoms in total. The molecule has 2 aromatic carbocycles. The Morgan fingerprint density at radius 2 is 1.89 bits per heavy atom. The summed E-state index contributed by atoms with van der Waals surface area (Å²) in [6.07, 6.45) is -4.78. The molecule has 0 radical (unpaired) electrons. The third kappa shape index (κ3) is 5.03. The predicted octanol–water partition coefficient (Wildman–Crippen LogP) is 3.68. The number of rotatable bonds is 6. The van der Waals surface area contributed by atoms with E-state index in [2.05, 4.69) is 20.3 Å². The van der Waals surface area contributed by atoms with Gasteiger partial charge in [-0.2, -0.15) is 4.68 Å². The van der Waals surface area contributed by atoms with Gasteiger partial charge in [-0.3, -0.25) is 4.79 Å². The average molecular weight is 398 g/mol. The van der Waals surface area contributed by atoms with Crippen LogP contribution in [0.15, 0.2) is 53.7 Å². The Labute approximate surface area is 154 Å². The lowest BCUT2D eigenvalue weighted by Gasteiger charge is -2.09. The maximum atomic E-state index is 13.2. The molecular weight excluding hydrogens is 388 g/mol. The zero-order valence-corrected chi connectivity index (χ0v) is 14.2. The molecule has 0 spiro atoms. The zero-order valence-electron chi connectivity index (χ0n) is 13.4. The first-order valence-corrected chi connectivity index (χ1v) is 8.36. The molecule has 0 fully saturated rings. The monoisotopic (exact) mass is 398 g/mol. The number of ketones is 1. The number of halogens is 4. The molecule has 140 valence electrons. The van der Waals surface area contributed by atoms with Crippen molar-refractivity contribution in [3.05, 3.63) is 59.9 Å². The van der Waals surface area contributed by atoms with E-state index in [0.29, 0.717) is 5.69 Å². The first-order valence-electron chi connectivity index (χ1n) is 7.38. The first kappa shape index (κ1) is 18.8. The molecule has 0 amide bonds. The Bertz CT molecular complexity index is 944. The fourth-order valence-electron chi connectivity index (χ4n) is 2.10. The lowest BCUT2D eigenvalue weighted by atomic mass is 10.1. The molecule has 0 saturated heterocycles. The van der Waals surface area contributed by atoms with E-state index in [0.717, 1.165) is 30.0 Å². The lowest BCUT2D eigenvalue weighted by Crippen LogP contribution is -2.17. The minimum absolute atomic E-state index is 0.0426. The summed E-state index contributed by atoms with van der Waals surface area (Å²) in [6.45, 7) is 0. The third-order valence-corrected chi connectivity index (χ3v) is 4.15. The average Bonchev–Trinajstić information content (AvgIpc) is 3.07. The van der Waals surface area contributed by atoms with E-state index < -0.39 is 12.2 Å². The molecular formula is C16H10F4N4O2S. The molecule has 11 heteroatoms. The Morgan fingerprint density at radius 3 is 2.56 bits per heavy atom. The fraction of sp³-hybridized carbons (Fsp3) is 0.125. The minimum Gasteiger partial charge on any atom is -0.406 e. The highest BCUT2D eigenvalue weighted by molar-refractivity contribution is 7.99. The molecule has 3 aromatic rings. The van der Waals surface area contributed by atoms with Gasteiger partial charge in [0.1, 0.15) is 11.6 Å². The molecule has 1 heterocycles. The van der Waals surface area contributed by atoms with E-state index >= 15 is 0 Å². The van der Waals surface area contributed by atoms with Crippen LogP contribution in [0, 0.1) is 5.82 Å². The number of aromatic nitrogens is 4. The van der Waals surface area contributed by atoms with Gasteiger partial charge in [0, 0.05) is 5.56 Å². The van der Waals surface area contributed by atoms with Gasteiger partial charge in [0.15, 0.2) is 5.78 Å². The largest absolute Gasteiger partial charge is 0.573 e. The summed E-state index contributed by atoms with van der Waals surface area (Å²) in [7, 11) is 0. The van der Waals surface area contributed by atoms with Crippen LogP contribution in [0.2, 0.25) is 0 Å². The van der Waals surface area contributed by atoms with Crippen molar-refractivity contribution in [3.63, 3.8) is 0 Å². The van der Waals surface area contributed by atoms with Gasteiger partial charge >= 0.3 is 6.36 Å². The second-order valence-corrected chi connectivity index (χ2v) is 6.08. The molecule has 1 aromatic heterocycles. The summed E-state index contributed by atoms with van der Waals surface area (Å²) < 4.78 is 54.9. The normalized spacial score (nSPS) is 11.4. The SMILES string of the molecule is O=C(CSc1nnnn1-c1ccc(OC(F)(F)F)cc1)c1cccc(F)c1. The third-order valence-electron chi connectivity index (χ3n) is 3.23. The van der Waals surface area contributed by atoms with Gasteiger partial charge in [-0.15, -0.1) is 18.3 Å². The van der Waals surface area contributed by atoms with Crippen LogP contribution in [-0.2, 0) is 0 Å². The molecule has 0 aliphatic rings. The number of Topliss-reactive ketones (excluding diaryl/α,β-unsaturated/α-hetero) is 1. The van der Waals surface area contributed by atoms with Crippen LogP contribution in [0.4, 0.5) is 17.6 Å². The maximum Gasteiger partial charge on any atom is 0.573 e. The van der Waals surface area contributed by atoms with Crippen LogP contribution in [0.3, 0.4) is 0 Å². The Kier molecular flexibility index (Phi) is 5.40. The number of alkyl halides is 3. The van der Waals surface area contributed by atoms with E-state index in [4.69, 9.17) is 0 Å². The summed E-state index contributed by atoms with van der Waals surface area (Å²) in [5.74, 6) is -1.26. The van der Waals surface area contributed by atoms with E-state index in [1.165, 1.54) is 35.0 Å². The van der Waals surface area contributed by atoms with Crippen LogP contribution < -0.4 is 4.74 Å². The number of nitrogens with zero attached hydrogens (tertiary/aromatic N) is 4. The Hall–Kier alpha value is -2.95. The van der Waals surface area contributed by atoms with Gasteiger partial charge in [0.25, 0.3) is 0 Å². The van der Waals surface area contributed by atoms with Gasteiger partial charge < -0.3 is 4.74 Å². The van der Waals surface area contributed by atoms with Gasteiger partial charge in [0.05, 0.1) is 11.4 Å². The van der Waals surface area contributed by atoms with Crippen molar-refractivity contribution in [1.82, 2.24) is 20.2 Å². The van der Waals surface area contributed by atoms with Crippen molar-refractivity contribution in [2.75, 3.05) is 5.75 Å². The molecule has 0 saturated carbocycles. The van der Waals surface area contributed by atoms with Crippen LogP contribution in [0.5, 0.6) is 5.75 Å². The number of benzene rings is 2. The number of tetrazole rings is 1. The van der Waals surface area contributed by atoms with E-state index in [-0.39, 0.29) is 28.0 Å². The predicted molar refractivity (Wildman–Crippen MR) is 87.3 cm³/mol. The van der Waals surface area contributed by atoms with Crippen LogP contribution in [0.1, 0.15) is 10.4 Å². The number of thioether (sulfide) groups is 1. The van der Waals surface area contributed by atoms with E-state index in [1.807, 2.05) is 0 Å². The molecule has 0 aliphatic heterocycles. The molecule has 0 N–H and O–H groups in total. The van der Waals surface area contributed by atoms with Gasteiger partial charge in [0.2, 0.25) is 5.16 Å². The highest BCUT2D eigenvalue weighted by atomic mass is 32.2. The summed E-state index contributed by atoms with van der Waals surface area (Å²) in [5, 5.41) is 11.3. The van der Waals surface area contributed by atoms with Crippen LogP contribution in [-0.4, -0.2) is 38.1 Å². The first-order chi connectivity index (χ1) is 12.8. The van der Waals surface area contributed by atoms with Crippen molar-refractivity contribution >= 4 is 17.5 Å². The second kappa shape index (κ2) is 7.74. The van der Waals surface area contributed by atoms with E-state index in [1.54, 1.807) is 0 Å². The minimum atomic E-state index is -4.78. The fourth-order valence-corrected chi connectivity index (χ4v) is 2.88. The summed E-state index contributed by atoms with van der Waals surface area (Å²) in [6, 6.07) is 10.2. The Balaban J connectivity index is 1.70. The highest BCUT2D eigenvalue weighted by Crippen LogP contribution is 2.25. The number of hydrogen-bond donors (Lipinski definition) is 0. The van der Waals surface area contributed by atoms with Crippen molar-refractivity contribution < 1.29 is 27.1 Å². The highest BCUT2D eigenvalue weighted by Gasteiger charge is 2.31. The second-order valence-electron chi connectivity index (χ2n) is 5.14. The van der Waals surface area contributed by atoms with Crippen molar-refractivity contribution in [2.45, 2.75) is 11.5 Å². The maximum absolute atomic E-state index is 13.2. The molecule has 0 bridgehead atoms. The van der Waals surface area contributed by atoms with E-state index in [9.17, 15) is 22.4 Å². The molecule has 3 rings (SSSR count).